The number of nitrogens with zero attached hydrogens (tertiary/aromatic N) is 4. The predicted octanol–water partition coefficient (Wildman–Crippen LogP) is 3.97. The van der Waals surface area contributed by atoms with Crippen molar-refractivity contribution in [2.75, 3.05) is 26.5 Å². The first-order valence-electron chi connectivity index (χ1n) is 10.2. The number of guanidine groups is 1. The van der Waals surface area contributed by atoms with E-state index in [1.807, 2.05) is 24.5 Å². The molecule has 0 saturated heterocycles. The van der Waals surface area contributed by atoms with Crippen molar-refractivity contribution >= 4 is 41.7 Å². The number of halogens is 1. The summed E-state index contributed by atoms with van der Waals surface area (Å²) in [5, 5.41) is 16.4. The molecule has 0 saturated carbocycles. The smallest absolute Gasteiger partial charge is 0.191 e. The van der Waals surface area contributed by atoms with Crippen LogP contribution in [0.25, 0.3) is 0 Å². The van der Waals surface area contributed by atoms with Crippen LogP contribution in [0.1, 0.15) is 38.6 Å². The van der Waals surface area contributed by atoms with Crippen molar-refractivity contribution in [3.05, 3.63) is 35.7 Å². The van der Waals surface area contributed by atoms with Crippen molar-refractivity contribution in [3.8, 4) is 5.75 Å². The fourth-order valence-electron chi connectivity index (χ4n) is 2.94. The Bertz CT molecular complexity index is 781. The third kappa shape index (κ3) is 8.71. The van der Waals surface area contributed by atoms with Gasteiger partial charge in [-0.1, -0.05) is 37.7 Å². The number of ether oxygens (including phenoxy) is 1. The third-order valence-electron chi connectivity index (χ3n) is 4.29. The normalized spacial score (nSPS) is 11.3. The molecule has 0 aliphatic heterocycles. The van der Waals surface area contributed by atoms with Crippen LogP contribution in [0, 0.1) is 5.92 Å². The third-order valence-corrected chi connectivity index (χ3v) is 4.96. The van der Waals surface area contributed by atoms with Crippen molar-refractivity contribution in [1.82, 2.24) is 25.4 Å². The van der Waals surface area contributed by atoms with Gasteiger partial charge in [-0.15, -0.1) is 34.2 Å². The second kappa shape index (κ2) is 14.5. The fourth-order valence-corrected chi connectivity index (χ4v) is 3.46. The highest BCUT2D eigenvalue weighted by molar-refractivity contribution is 14.0. The minimum Gasteiger partial charge on any atom is -0.497 e. The lowest BCUT2D eigenvalue weighted by molar-refractivity contribution is 0.414. The summed E-state index contributed by atoms with van der Waals surface area (Å²) >= 11 is 1.65. The minimum absolute atomic E-state index is 0. The number of hydrogen-bond donors (Lipinski definition) is 2. The molecule has 0 spiro atoms. The van der Waals surface area contributed by atoms with E-state index in [0.717, 1.165) is 60.7 Å². The summed E-state index contributed by atoms with van der Waals surface area (Å²) < 4.78 is 7.53. The average molecular weight is 547 g/mol. The molecule has 0 aliphatic rings. The van der Waals surface area contributed by atoms with Gasteiger partial charge in [-0.05, 0) is 43.2 Å². The van der Waals surface area contributed by atoms with E-state index in [-0.39, 0.29) is 24.0 Å². The second-order valence-corrected chi connectivity index (χ2v) is 7.96. The zero-order valence-electron chi connectivity index (χ0n) is 18.6. The monoisotopic (exact) mass is 546 g/mol. The molecule has 0 fully saturated rings. The van der Waals surface area contributed by atoms with Crippen LogP contribution < -0.4 is 15.4 Å². The van der Waals surface area contributed by atoms with E-state index in [0.29, 0.717) is 12.5 Å². The Morgan fingerprint density at radius 1 is 1.27 bits per heavy atom. The lowest BCUT2D eigenvalue weighted by Gasteiger charge is -2.13. The fraction of sp³-hybridized carbons (Fsp3) is 0.571. The van der Waals surface area contributed by atoms with Gasteiger partial charge in [-0.3, -0.25) is 0 Å². The van der Waals surface area contributed by atoms with Crippen LogP contribution in [0.4, 0.5) is 0 Å². The van der Waals surface area contributed by atoms with Gasteiger partial charge in [0.2, 0.25) is 0 Å². The molecule has 1 aromatic heterocycles. The molecule has 0 bridgehead atoms. The molecule has 0 aliphatic carbocycles. The number of thioether (sulfide) groups is 1. The number of aromatic nitrogens is 3. The predicted molar refractivity (Wildman–Crippen MR) is 136 cm³/mol. The Morgan fingerprint density at radius 3 is 2.73 bits per heavy atom. The van der Waals surface area contributed by atoms with Gasteiger partial charge in [0.1, 0.15) is 11.6 Å². The number of aliphatic imine (C=N–C) groups is 1. The van der Waals surface area contributed by atoms with E-state index in [4.69, 9.17) is 4.74 Å². The maximum atomic E-state index is 5.28. The first-order chi connectivity index (χ1) is 14.1. The molecule has 7 nitrogen and oxygen atoms in total. The molecule has 0 radical (unpaired) electrons. The summed E-state index contributed by atoms with van der Waals surface area (Å²) in [7, 11) is 1.68. The Hall–Kier alpha value is -1.49. The maximum absolute atomic E-state index is 5.28. The Kier molecular flexibility index (Phi) is 12.8. The van der Waals surface area contributed by atoms with Crippen LogP contribution in [0.5, 0.6) is 5.75 Å². The van der Waals surface area contributed by atoms with Crippen molar-refractivity contribution in [1.29, 1.82) is 0 Å². The van der Waals surface area contributed by atoms with Crippen LogP contribution in [-0.4, -0.2) is 47.2 Å². The SMILES string of the molecule is CCNC(=NCc1cccc(OC)c1)NCCCc1nnc(SC)n1CC(C)C.I. The highest BCUT2D eigenvalue weighted by Gasteiger charge is 2.12. The first-order valence-corrected chi connectivity index (χ1v) is 11.4. The molecule has 0 amide bonds. The van der Waals surface area contributed by atoms with Gasteiger partial charge < -0.3 is 19.9 Å². The summed E-state index contributed by atoms with van der Waals surface area (Å²) in [6, 6.07) is 8.00. The number of rotatable bonds is 11. The number of nitrogens with one attached hydrogen (secondary N) is 2. The molecule has 1 aromatic carbocycles. The molecule has 1 heterocycles. The number of methoxy groups -OCH3 is 1. The number of aryl methyl sites for hydroxylation is 1. The molecule has 30 heavy (non-hydrogen) atoms. The highest BCUT2D eigenvalue weighted by Crippen LogP contribution is 2.16. The van der Waals surface area contributed by atoms with E-state index in [1.165, 1.54) is 0 Å². The van der Waals surface area contributed by atoms with E-state index < -0.39 is 0 Å². The molecular weight excluding hydrogens is 511 g/mol. The lowest BCUT2D eigenvalue weighted by Crippen LogP contribution is -2.37. The van der Waals surface area contributed by atoms with E-state index >= 15 is 0 Å². The molecule has 9 heteroatoms. The molecule has 0 unspecified atom stereocenters. The standard InChI is InChI=1S/C21H34N6OS.HI/c1-6-22-20(24-14-17-9-7-10-18(13-17)28-4)23-12-8-11-19-25-26-21(29-5)27(19)15-16(2)3;/h7,9-10,13,16H,6,8,11-12,14-15H2,1-5H3,(H2,22,23,24);1H. The van der Waals surface area contributed by atoms with E-state index in [1.54, 1.807) is 18.9 Å². The van der Waals surface area contributed by atoms with Crippen LogP contribution in [-0.2, 0) is 19.5 Å². The summed E-state index contributed by atoms with van der Waals surface area (Å²) in [6.45, 7) is 9.72. The topological polar surface area (TPSA) is 76.4 Å². The largest absolute Gasteiger partial charge is 0.497 e. The van der Waals surface area contributed by atoms with Gasteiger partial charge in [-0.25, -0.2) is 4.99 Å². The van der Waals surface area contributed by atoms with Gasteiger partial charge in [-0.2, -0.15) is 0 Å². The minimum atomic E-state index is 0. The Labute approximate surface area is 201 Å². The zero-order chi connectivity index (χ0) is 21.1. The molecule has 168 valence electrons. The van der Waals surface area contributed by atoms with Gasteiger partial charge in [0.25, 0.3) is 0 Å². The number of hydrogen-bond acceptors (Lipinski definition) is 5. The van der Waals surface area contributed by atoms with Gasteiger partial charge in [0.05, 0.1) is 13.7 Å². The number of benzene rings is 1. The molecule has 2 aromatic rings. The van der Waals surface area contributed by atoms with Crippen LogP contribution in [0.2, 0.25) is 0 Å². The van der Waals surface area contributed by atoms with E-state index in [2.05, 4.69) is 57.2 Å². The van der Waals surface area contributed by atoms with Gasteiger partial charge in [0.15, 0.2) is 11.1 Å². The Balaban J connectivity index is 0.00000450. The highest BCUT2D eigenvalue weighted by atomic mass is 127. The molecule has 2 rings (SSSR count). The summed E-state index contributed by atoms with van der Waals surface area (Å²) in [6.07, 6.45) is 3.91. The van der Waals surface area contributed by atoms with Crippen molar-refractivity contribution < 1.29 is 4.74 Å². The molecular formula is C21H35IN6OS. The van der Waals surface area contributed by atoms with Crippen LogP contribution >= 0.6 is 35.7 Å². The van der Waals surface area contributed by atoms with Gasteiger partial charge >= 0.3 is 0 Å². The lowest BCUT2D eigenvalue weighted by atomic mass is 10.2. The van der Waals surface area contributed by atoms with E-state index in [9.17, 15) is 0 Å². The summed E-state index contributed by atoms with van der Waals surface area (Å²) in [5.41, 5.74) is 1.12. The van der Waals surface area contributed by atoms with Crippen molar-refractivity contribution in [3.63, 3.8) is 0 Å². The average Bonchev–Trinajstić information content (AvgIpc) is 3.10. The summed E-state index contributed by atoms with van der Waals surface area (Å²) in [4.78, 5) is 4.68. The Morgan fingerprint density at radius 2 is 2.07 bits per heavy atom. The first kappa shape index (κ1) is 26.5. The van der Waals surface area contributed by atoms with Crippen molar-refractivity contribution in [2.45, 2.75) is 51.9 Å². The van der Waals surface area contributed by atoms with Gasteiger partial charge in [0, 0.05) is 26.1 Å². The molecule has 0 atom stereocenters. The second-order valence-electron chi connectivity index (χ2n) is 7.18. The quantitative estimate of drug-likeness (QED) is 0.146. The maximum Gasteiger partial charge on any atom is 0.191 e. The molecule has 2 N–H and O–H groups in total. The summed E-state index contributed by atoms with van der Waals surface area (Å²) in [5.74, 6) is 3.30. The zero-order valence-corrected chi connectivity index (χ0v) is 21.8. The van der Waals surface area contributed by atoms with Crippen LogP contribution in [0.15, 0.2) is 34.4 Å². The van der Waals surface area contributed by atoms with Crippen LogP contribution in [0.3, 0.4) is 0 Å². The van der Waals surface area contributed by atoms with Crippen molar-refractivity contribution in [2.24, 2.45) is 10.9 Å².